The average molecular weight is 173 g/mol. The largest absolute Gasteiger partial charge is 0.368 e. The second kappa shape index (κ2) is 4.42. The van der Waals surface area contributed by atoms with Crippen LogP contribution < -0.4 is 5.48 Å². The Morgan fingerprint density at radius 2 is 2.50 bits per heavy atom. The molecule has 1 aliphatic heterocycles. The topological polar surface area (TPSA) is 47.6 Å². The van der Waals surface area contributed by atoms with E-state index in [9.17, 15) is 4.79 Å². The molecule has 0 aromatic carbocycles. The standard InChI is InChI=1S/C8H15NO3/c1-3-12-9-8(10)7-6(2)4-5-11-7/h6-7H,3-5H2,1-2H3,(H,9,10). The summed E-state index contributed by atoms with van der Waals surface area (Å²) in [6.07, 6.45) is 0.626. The molecule has 70 valence electrons. The number of ether oxygens (including phenoxy) is 1. The Balaban J connectivity index is 2.30. The lowest BCUT2D eigenvalue weighted by Crippen LogP contribution is -2.37. The van der Waals surface area contributed by atoms with Crippen LogP contribution in [0.15, 0.2) is 0 Å². The summed E-state index contributed by atoms with van der Waals surface area (Å²) in [7, 11) is 0. The normalized spacial score (nSPS) is 28.8. The summed E-state index contributed by atoms with van der Waals surface area (Å²) in [6, 6.07) is 0. The van der Waals surface area contributed by atoms with Crippen molar-refractivity contribution in [3.63, 3.8) is 0 Å². The first-order chi connectivity index (χ1) is 5.75. The third kappa shape index (κ3) is 2.19. The van der Waals surface area contributed by atoms with Crippen molar-refractivity contribution in [2.45, 2.75) is 26.4 Å². The summed E-state index contributed by atoms with van der Waals surface area (Å²) in [5.41, 5.74) is 2.34. The smallest absolute Gasteiger partial charge is 0.272 e. The Bertz CT molecular complexity index is 160. The van der Waals surface area contributed by atoms with Crippen molar-refractivity contribution in [3.05, 3.63) is 0 Å². The van der Waals surface area contributed by atoms with Gasteiger partial charge in [0.1, 0.15) is 6.10 Å². The van der Waals surface area contributed by atoms with E-state index < -0.39 is 0 Å². The summed E-state index contributed by atoms with van der Waals surface area (Å²) in [4.78, 5) is 16.0. The number of hydrogen-bond donors (Lipinski definition) is 1. The molecule has 1 heterocycles. The van der Waals surface area contributed by atoms with E-state index in [1.807, 2.05) is 13.8 Å². The Morgan fingerprint density at radius 3 is 3.00 bits per heavy atom. The molecular weight excluding hydrogens is 158 g/mol. The second-order valence-electron chi connectivity index (χ2n) is 2.96. The van der Waals surface area contributed by atoms with Gasteiger partial charge < -0.3 is 4.74 Å². The lowest BCUT2D eigenvalue weighted by Gasteiger charge is -2.13. The fourth-order valence-corrected chi connectivity index (χ4v) is 1.23. The SMILES string of the molecule is CCONC(=O)C1OCCC1C. The van der Waals surface area contributed by atoms with Crippen LogP contribution in [0.4, 0.5) is 0 Å². The minimum absolute atomic E-state index is 0.165. The zero-order valence-electron chi connectivity index (χ0n) is 7.50. The molecule has 1 N–H and O–H groups in total. The highest BCUT2D eigenvalue weighted by molar-refractivity contribution is 5.80. The maximum Gasteiger partial charge on any atom is 0.272 e. The third-order valence-corrected chi connectivity index (χ3v) is 1.96. The fourth-order valence-electron chi connectivity index (χ4n) is 1.23. The van der Waals surface area contributed by atoms with Gasteiger partial charge in [0.15, 0.2) is 0 Å². The molecule has 0 aromatic heterocycles. The van der Waals surface area contributed by atoms with E-state index in [0.717, 1.165) is 6.42 Å². The van der Waals surface area contributed by atoms with Crippen LogP contribution in [0.2, 0.25) is 0 Å². The number of hydrogen-bond acceptors (Lipinski definition) is 3. The highest BCUT2D eigenvalue weighted by atomic mass is 16.7. The Kier molecular flexibility index (Phi) is 3.49. The molecule has 0 saturated carbocycles. The van der Waals surface area contributed by atoms with Gasteiger partial charge in [0.2, 0.25) is 0 Å². The Hall–Kier alpha value is -0.610. The molecule has 4 nitrogen and oxygen atoms in total. The van der Waals surface area contributed by atoms with Gasteiger partial charge >= 0.3 is 0 Å². The predicted molar refractivity (Wildman–Crippen MR) is 43.3 cm³/mol. The summed E-state index contributed by atoms with van der Waals surface area (Å²) in [5, 5.41) is 0. The van der Waals surface area contributed by atoms with Crippen molar-refractivity contribution < 1.29 is 14.4 Å². The first-order valence-electron chi connectivity index (χ1n) is 4.29. The van der Waals surface area contributed by atoms with Gasteiger partial charge in [-0.3, -0.25) is 9.63 Å². The second-order valence-corrected chi connectivity index (χ2v) is 2.96. The molecule has 0 aliphatic carbocycles. The quantitative estimate of drug-likeness (QED) is 0.631. The van der Waals surface area contributed by atoms with Crippen LogP contribution in [0.1, 0.15) is 20.3 Å². The highest BCUT2D eigenvalue weighted by Crippen LogP contribution is 2.19. The Labute approximate surface area is 72.2 Å². The first-order valence-corrected chi connectivity index (χ1v) is 4.29. The van der Waals surface area contributed by atoms with Gasteiger partial charge in [0.05, 0.1) is 6.61 Å². The minimum atomic E-state index is -0.323. The lowest BCUT2D eigenvalue weighted by atomic mass is 10.0. The molecular formula is C8H15NO3. The highest BCUT2D eigenvalue weighted by Gasteiger charge is 2.30. The van der Waals surface area contributed by atoms with Crippen LogP contribution in [0.25, 0.3) is 0 Å². The van der Waals surface area contributed by atoms with Crippen LogP contribution >= 0.6 is 0 Å². The molecule has 2 unspecified atom stereocenters. The number of hydroxylamine groups is 1. The van der Waals surface area contributed by atoms with Crippen molar-refractivity contribution in [1.82, 2.24) is 5.48 Å². The first kappa shape index (κ1) is 9.48. The molecule has 4 heteroatoms. The van der Waals surface area contributed by atoms with Crippen LogP contribution in [0, 0.1) is 5.92 Å². The summed E-state index contributed by atoms with van der Waals surface area (Å²) >= 11 is 0. The van der Waals surface area contributed by atoms with E-state index in [-0.39, 0.29) is 12.0 Å². The zero-order chi connectivity index (χ0) is 8.97. The minimum Gasteiger partial charge on any atom is -0.368 e. The predicted octanol–water partition coefficient (Wildman–Crippen LogP) is 0.479. The fraction of sp³-hybridized carbons (Fsp3) is 0.875. The average Bonchev–Trinajstić information content (AvgIpc) is 2.47. The number of carbonyl (C=O) groups excluding carboxylic acids is 1. The third-order valence-electron chi connectivity index (χ3n) is 1.96. The molecule has 0 aromatic rings. The summed E-state index contributed by atoms with van der Waals surface area (Å²) in [6.45, 7) is 4.97. The summed E-state index contributed by atoms with van der Waals surface area (Å²) in [5.74, 6) is 0.132. The van der Waals surface area contributed by atoms with E-state index >= 15 is 0 Å². The van der Waals surface area contributed by atoms with Gasteiger partial charge in [-0.2, -0.15) is 0 Å². The molecule has 1 amide bonds. The van der Waals surface area contributed by atoms with Crippen LogP contribution in [0.3, 0.4) is 0 Å². The molecule has 0 spiro atoms. The van der Waals surface area contributed by atoms with Crippen LogP contribution in [-0.4, -0.2) is 25.2 Å². The van der Waals surface area contributed by atoms with Gasteiger partial charge in [-0.25, -0.2) is 5.48 Å². The Morgan fingerprint density at radius 1 is 1.75 bits per heavy atom. The molecule has 1 fully saturated rings. The lowest BCUT2D eigenvalue weighted by molar-refractivity contribution is -0.144. The van der Waals surface area contributed by atoms with Gasteiger partial charge in [-0.05, 0) is 19.3 Å². The molecule has 12 heavy (non-hydrogen) atoms. The van der Waals surface area contributed by atoms with E-state index in [1.54, 1.807) is 0 Å². The van der Waals surface area contributed by atoms with Crippen LogP contribution in [0.5, 0.6) is 0 Å². The monoisotopic (exact) mass is 173 g/mol. The number of amides is 1. The molecule has 1 saturated heterocycles. The maximum absolute atomic E-state index is 11.3. The van der Waals surface area contributed by atoms with Gasteiger partial charge in [-0.15, -0.1) is 0 Å². The van der Waals surface area contributed by atoms with Crippen LogP contribution in [-0.2, 0) is 14.4 Å². The molecule has 1 rings (SSSR count). The number of nitrogens with one attached hydrogen (secondary N) is 1. The van der Waals surface area contributed by atoms with E-state index in [4.69, 9.17) is 9.57 Å². The molecule has 0 bridgehead atoms. The van der Waals surface area contributed by atoms with Crippen molar-refractivity contribution in [2.75, 3.05) is 13.2 Å². The maximum atomic E-state index is 11.3. The van der Waals surface area contributed by atoms with Gasteiger partial charge in [0.25, 0.3) is 5.91 Å². The number of carbonyl (C=O) groups is 1. The van der Waals surface area contributed by atoms with Crippen molar-refractivity contribution in [2.24, 2.45) is 5.92 Å². The molecule has 2 atom stereocenters. The molecule has 1 aliphatic rings. The van der Waals surface area contributed by atoms with E-state index in [1.165, 1.54) is 0 Å². The van der Waals surface area contributed by atoms with E-state index in [0.29, 0.717) is 19.1 Å². The van der Waals surface area contributed by atoms with Crippen molar-refractivity contribution >= 4 is 5.91 Å². The summed E-state index contributed by atoms with van der Waals surface area (Å²) < 4.78 is 5.23. The van der Waals surface area contributed by atoms with Gasteiger partial charge in [0, 0.05) is 6.61 Å². The molecule has 0 radical (unpaired) electrons. The van der Waals surface area contributed by atoms with E-state index in [2.05, 4.69) is 5.48 Å². The van der Waals surface area contributed by atoms with Gasteiger partial charge in [-0.1, -0.05) is 6.92 Å². The zero-order valence-corrected chi connectivity index (χ0v) is 7.50. The van der Waals surface area contributed by atoms with Crippen molar-refractivity contribution in [3.8, 4) is 0 Å². The van der Waals surface area contributed by atoms with Crippen molar-refractivity contribution in [1.29, 1.82) is 0 Å². The number of rotatable bonds is 3.